The lowest BCUT2D eigenvalue weighted by Crippen LogP contribution is -2.41. The van der Waals surface area contributed by atoms with Crippen LogP contribution in [0.5, 0.6) is 5.75 Å². The van der Waals surface area contributed by atoms with E-state index in [1.165, 1.54) is 18.4 Å². The van der Waals surface area contributed by atoms with Gasteiger partial charge in [0.2, 0.25) is 0 Å². The molecule has 4 nitrogen and oxygen atoms in total. The molecule has 0 spiro atoms. The Morgan fingerprint density at radius 1 is 1.29 bits per heavy atom. The fourth-order valence-electron chi connectivity index (χ4n) is 3.64. The van der Waals surface area contributed by atoms with Gasteiger partial charge in [0, 0.05) is 25.2 Å². The van der Waals surface area contributed by atoms with Gasteiger partial charge in [0.15, 0.2) is 6.61 Å². The number of amides is 1. The van der Waals surface area contributed by atoms with Crippen LogP contribution in [0.15, 0.2) is 18.2 Å². The number of carbonyl (C=O) groups is 1. The molecule has 1 aromatic carbocycles. The van der Waals surface area contributed by atoms with Gasteiger partial charge in [0.1, 0.15) is 5.75 Å². The molecule has 134 valence electrons. The number of hydrogen-bond acceptors (Lipinski definition) is 3. The highest BCUT2D eigenvalue weighted by Gasteiger charge is 2.31. The van der Waals surface area contributed by atoms with E-state index in [0.29, 0.717) is 18.0 Å². The molecule has 2 unspecified atom stereocenters. The van der Waals surface area contributed by atoms with Crippen LogP contribution in [0.3, 0.4) is 0 Å². The van der Waals surface area contributed by atoms with Crippen LogP contribution in [0.1, 0.15) is 50.2 Å². The number of fused-ring (bicyclic) bond motifs is 2. The summed E-state index contributed by atoms with van der Waals surface area (Å²) in [6.07, 6.45) is 3.50. The second kappa shape index (κ2) is 8.21. The molecule has 2 aliphatic heterocycles. The second-order valence-electron chi connectivity index (χ2n) is 7.25. The van der Waals surface area contributed by atoms with Crippen LogP contribution in [-0.2, 0) is 4.79 Å². The summed E-state index contributed by atoms with van der Waals surface area (Å²) in [6.45, 7) is 8.16. The first-order valence-corrected chi connectivity index (χ1v) is 8.80. The molecule has 1 N–H and O–H groups in total. The molecular formula is C19H29ClN2O2. The molecule has 1 amide bonds. The molecule has 2 bridgehead atoms. The highest BCUT2D eigenvalue weighted by atomic mass is 35.5. The van der Waals surface area contributed by atoms with Gasteiger partial charge in [-0.3, -0.25) is 4.79 Å². The van der Waals surface area contributed by atoms with Gasteiger partial charge in [-0.1, -0.05) is 26.0 Å². The highest BCUT2D eigenvalue weighted by Crippen LogP contribution is 2.27. The number of aryl methyl sites for hydroxylation is 1. The van der Waals surface area contributed by atoms with Gasteiger partial charge in [-0.2, -0.15) is 0 Å². The number of benzene rings is 1. The van der Waals surface area contributed by atoms with Gasteiger partial charge in [-0.15, -0.1) is 12.4 Å². The predicted octanol–water partition coefficient (Wildman–Crippen LogP) is 3.27. The summed E-state index contributed by atoms with van der Waals surface area (Å²) in [6, 6.07) is 7.31. The van der Waals surface area contributed by atoms with Gasteiger partial charge >= 0.3 is 0 Å². The van der Waals surface area contributed by atoms with Crippen molar-refractivity contribution in [1.82, 2.24) is 10.2 Å². The summed E-state index contributed by atoms with van der Waals surface area (Å²) in [5.74, 6) is 1.34. The third-order valence-corrected chi connectivity index (χ3v) is 5.02. The van der Waals surface area contributed by atoms with Crippen molar-refractivity contribution in [2.75, 3.05) is 19.7 Å². The Hall–Kier alpha value is -1.26. The number of likely N-dealkylation sites (tertiary alicyclic amines) is 1. The lowest BCUT2D eigenvalue weighted by molar-refractivity contribution is -0.133. The zero-order chi connectivity index (χ0) is 16.4. The van der Waals surface area contributed by atoms with E-state index in [9.17, 15) is 4.79 Å². The average Bonchev–Trinajstić information content (AvgIpc) is 2.83. The van der Waals surface area contributed by atoms with Crippen LogP contribution in [0.4, 0.5) is 0 Å². The summed E-state index contributed by atoms with van der Waals surface area (Å²) in [5, 5.41) is 3.61. The number of nitrogens with zero attached hydrogens (tertiary/aromatic N) is 1. The maximum Gasteiger partial charge on any atom is 0.260 e. The van der Waals surface area contributed by atoms with Crippen molar-refractivity contribution >= 4 is 18.3 Å². The van der Waals surface area contributed by atoms with Crippen molar-refractivity contribution in [3.8, 4) is 5.75 Å². The maximum absolute atomic E-state index is 12.5. The number of rotatable bonds is 4. The van der Waals surface area contributed by atoms with E-state index in [-0.39, 0.29) is 24.9 Å². The maximum atomic E-state index is 12.5. The zero-order valence-electron chi connectivity index (χ0n) is 14.9. The van der Waals surface area contributed by atoms with Gasteiger partial charge in [0.05, 0.1) is 0 Å². The lowest BCUT2D eigenvalue weighted by atomic mass is 10.0. The van der Waals surface area contributed by atoms with E-state index in [1.807, 2.05) is 11.0 Å². The van der Waals surface area contributed by atoms with Gasteiger partial charge in [-0.25, -0.2) is 0 Å². The van der Waals surface area contributed by atoms with Crippen LogP contribution in [-0.4, -0.2) is 42.6 Å². The highest BCUT2D eigenvalue weighted by molar-refractivity contribution is 5.85. The molecule has 2 atom stereocenters. The van der Waals surface area contributed by atoms with E-state index in [4.69, 9.17) is 4.74 Å². The topological polar surface area (TPSA) is 41.6 Å². The smallest absolute Gasteiger partial charge is 0.260 e. The molecule has 24 heavy (non-hydrogen) atoms. The van der Waals surface area contributed by atoms with E-state index < -0.39 is 0 Å². The summed E-state index contributed by atoms with van der Waals surface area (Å²) < 4.78 is 5.90. The zero-order valence-corrected chi connectivity index (χ0v) is 15.7. The molecule has 2 fully saturated rings. The minimum absolute atomic E-state index is 0. The molecule has 2 aliphatic rings. The molecule has 5 heteroatoms. The van der Waals surface area contributed by atoms with E-state index >= 15 is 0 Å². The summed E-state index contributed by atoms with van der Waals surface area (Å²) in [7, 11) is 0. The largest absolute Gasteiger partial charge is 0.483 e. The quantitative estimate of drug-likeness (QED) is 0.904. The number of nitrogens with one attached hydrogen (secondary N) is 1. The number of carbonyl (C=O) groups excluding carboxylic acids is 1. The molecule has 0 aromatic heterocycles. The molecule has 1 aromatic rings. The predicted molar refractivity (Wildman–Crippen MR) is 99.2 cm³/mol. The molecule has 3 rings (SSSR count). The van der Waals surface area contributed by atoms with Crippen molar-refractivity contribution < 1.29 is 9.53 Å². The minimum atomic E-state index is 0. The first-order valence-electron chi connectivity index (χ1n) is 8.80. The Morgan fingerprint density at radius 3 is 2.79 bits per heavy atom. The molecule has 2 heterocycles. The van der Waals surface area contributed by atoms with Crippen LogP contribution >= 0.6 is 12.4 Å². The fourth-order valence-corrected chi connectivity index (χ4v) is 3.64. The van der Waals surface area contributed by atoms with E-state index in [0.717, 1.165) is 30.8 Å². The Balaban J connectivity index is 0.00000208. The minimum Gasteiger partial charge on any atom is -0.483 e. The van der Waals surface area contributed by atoms with Gasteiger partial charge in [0.25, 0.3) is 5.91 Å². The SMILES string of the molecule is Cc1ccc(C(C)C)c(OCC(=O)N2CCC3CCC(C2)N3)c1.Cl. The van der Waals surface area contributed by atoms with Crippen molar-refractivity contribution in [1.29, 1.82) is 0 Å². The van der Waals surface area contributed by atoms with Crippen LogP contribution in [0, 0.1) is 6.92 Å². The van der Waals surface area contributed by atoms with Gasteiger partial charge in [-0.05, 0) is 49.3 Å². The Kier molecular flexibility index (Phi) is 6.53. The van der Waals surface area contributed by atoms with Crippen molar-refractivity contribution in [2.24, 2.45) is 0 Å². The van der Waals surface area contributed by atoms with E-state index in [2.05, 4.69) is 38.2 Å². The Labute approximate surface area is 151 Å². The third-order valence-electron chi connectivity index (χ3n) is 5.02. The normalized spacial score (nSPS) is 22.9. The average molecular weight is 353 g/mol. The molecule has 0 saturated carbocycles. The van der Waals surface area contributed by atoms with E-state index in [1.54, 1.807) is 0 Å². The first kappa shape index (κ1) is 19.1. The first-order chi connectivity index (χ1) is 11.0. The number of ether oxygens (including phenoxy) is 1. The number of hydrogen-bond donors (Lipinski definition) is 1. The van der Waals surface area contributed by atoms with Crippen molar-refractivity contribution in [3.63, 3.8) is 0 Å². The van der Waals surface area contributed by atoms with Crippen LogP contribution < -0.4 is 10.1 Å². The fraction of sp³-hybridized carbons (Fsp3) is 0.632. The van der Waals surface area contributed by atoms with Crippen molar-refractivity contribution in [2.45, 2.75) is 58.0 Å². The molecule has 0 aliphatic carbocycles. The monoisotopic (exact) mass is 352 g/mol. The second-order valence-corrected chi connectivity index (χ2v) is 7.25. The molecular weight excluding hydrogens is 324 g/mol. The van der Waals surface area contributed by atoms with Gasteiger partial charge < -0.3 is 15.0 Å². The Bertz CT molecular complexity index is 576. The standard InChI is InChI=1S/C19H28N2O2.ClH/c1-13(2)17-7-4-14(3)10-18(17)23-12-19(22)21-9-8-15-5-6-16(11-21)20-15;/h4,7,10,13,15-16,20H,5-6,8-9,11-12H2,1-3H3;1H. The van der Waals surface area contributed by atoms with Crippen LogP contribution in [0.2, 0.25) is 0 Å². The number of halogens is 1. The molecule has 0 radical (unpaired) electrons. The van der Waals surface area contributed by atoms with Crippen molar-refractivity contribution in [3.05, 3.63) is 29.3 Å². The molecule has 2 saturated heterocycles. The lowest BCUT2D eigenvalue weighted by Gasteiger charge is -2.24. The summed E-state index contributed by atoms with van der Waals surface area (Å²) in [4.78, 5) is 14.5. The summed E-state index contributed by atoms with van der Waals surface area (Å²) in [5.41, 5.74) is 2.33. The van der Waals surface area contributed by atoms with Crippen LogP contribution in [0.25, 0.3) is 0 Å². The third kappa shape index (κ3) is 4.42. The summed E-state index contributed by atoms with van der Waals surface area (Å²) >= 11 is 0. The Morgan fingerprint density at radius 2 is 2.04 bits per heavy atom.